The van der Waals surface area contributed by atoms with Crippen molar-refractivity contribution in [3.8, 4) is 22.3 Å². The van der Waals surface area contributed by atoms with Crippen molar-refractivity contribution >= 4 is 0 Å². The molecule has 1 saturated heterocycles. The quantitative estimate of drug-likeness (QED) is 0.582. The van der Waals surface area contributed by atoms with Crippen LogP contribution >= 0.6 is 0 Å². The third-order valence-electron chi connectivity index (χ3n) is 5.57. The Morgan fingerprint density at radius 3 is 2.48 bits per heavy atom. The fourth-order valence-electron chi connectivity index (χ4n) is 3.95. The molecule has 1 aliphatic carbocycles. The van der Waals surface area contributed by atoms with Crippen LogP contribution in [-0.2, 0) is 11.2 Å². The summed E-state index contributed by atoms with van der Waals surface area (Å²) < 4.78 is 48.7. The third-order valence-corrected chi connectivity index (χ3v) is 5.57. The van der Waals surface area contributed by atoms with Crippen LogP contribution in [0.2, 0.25) is 0 Å². The molecule has 1 heterocycles. The Labute approximate surface area is 145 Å². The first-order valence-corrected chi connectivity index (χ1v) is 8.89. The summed E-state index contributed by atoms with van der Waals surface area (Å²) in [7, 11) is 0. The van der Waals surface area contributed by atoms with Crippen LogP contribution in [0.4, 0.5) is 13.2 Å². The van der Waals surface area contributed by atoms with E-state index in [-0.39, 0.29) is 16.7 Å². The maximum absolute atomic E-state index is 14.9. The fourth-order valence-corrected chi connectivity index (χ4v) is 3.95. The third kappa shape index (κ3) is 2.67. The molecule has 2 aliphatic rings. The van der Waals surface area contributed by atoms with Crippen LogP contribution in [0.15, 0.2) is 18.2 Å². The molecule has 1 nitrogen and oxygen atoms in total. The molecule has 0 aromatic heterocycles. The molecule has 2 unspecified atom stereocenters. The van der Waals surface area contributed by atoms with Crippen molar-refractivity contribution in [1.82, 2.24) is 0 Å². The van der Waals surface area contributed by atoms with Gasteiger partial charge in [-0.25, -0.2) is 13.2 Å². The summed E-state index contributed by atoms with van der Waals surface area (Å²) >= 11 is 0. The molecule has 4 heteroatoms. The van der Waals surface area contributed by atoms with Crippen LogP contribution in [0.5, 0.6) is 0 Å². The van der Waals surface area contributed by atoms with E-state index in [1.807, 2.05) is 6.07 Å². The van der Waals surface area contributed by atoms with Gasteiger partial charge in [0.1, 0.15) is 5.82 Å². The summed E-state index contributed by atoms with van der Waals surface area (Å²) in [6, 6.07) is 5.20. The lowest BCUT2D eigenvalue weighted by molar-refractivity contribution is -0.00698. The molecular formula is C21H21F3O. The number of ether oxygens (including phenoxy) is 1. The lowest BCUT2D eigenvalue weighted by Crippen LogP contribution is -2.24. The van der Waals surface area contributed by atoms with E-state index in [0.717, 1.165) is 25.9 Å². The zero-order valence-electron chi connectivity index (χ0n) is 14.5. The monoisotopic (exact) mass is 346 g/mol. The lowest BCUT2D eigenvalue weighted by Gasteiger charge is -2.28. The number of hydrogen-bond acceptors (Lipinski definition) is 1. The summed E-state index contributed by atoms with van der Waals surface area (Å²) in [5.41, 5.74) is 2.42. The standard InChI is InChI=1S/C21H21F3O/c1-11-9-16-15-8-7-14(6-5-13-4-3-12(2)25-10-13)20(23)17(15)18(16)21(24)19(11)22/h7-9,12-13H,3-6,10H2,1-2H3. The van der Waals surface area contributed by atoms with Crippen LogP contribution in [0.3, 0.4) is 0 Å². The van der Waals surface area contributed by atoms with E-state index in [2.05, 4.69) is 6.92 Å². The summed E-state index contributed by atoms with van der Waals surface area (Å²) in [4.78, 5) is 0. The van der Waals surface area contributed by atoms with Gasteiger partial charge in [-0.3, -0.25) is 0 Å². The number of aryl methyl sites for hydroxylation is 2. The summed E-state index contributed by atoms with van der Waals surface area (Å²) in [6.45, 7) is 4.31. The van der Waals surface area contributed by atoms with Gasteiger partial charge in [0.2, 0.25) is 0 Å². The van der Waals surface area contributed by atoms with E-state index < -0.39 is 17.5 Å². The maximum atomic E-state index is 14.9. The van der Waals surface area contributed by atoms with Gasteiger partial charge >= 0.3 is 0 Å². The molecule has 2 atom stereocenters. The number of halogens is 3. The molecule has 1 fully saturated rings. The molecule has 4 rings (SSSR count). The second-order valence-corrected chi connectivity index (χ2v) is 7.33. The van der Waals surface area contributed by atoms with Gasteiger partial charge in [0, 0.05) is 17.7 Å². The Kier molecular flexibility index (Phi) is 4.11. The maximum Gasteiger partial charge on any atom is 0.167 e. The number of benzene rings is 2. The first-order valence-electron chi connectivity index (χ1n) is 8.89. The number of rotatable bonds is 3. The molecule has 25 heavy (non-hydrogen) atoms. The van der Waals surface area contributed by atoms with Crippen LogP contribution in [-0.4, -0.2) is 12.7 Å². The van der Waals surface area contributed by atoms with E-state index in [1.54, 1.807) is 12.1 Å². The first-order chi connectivity index (χ1) is 12.0. The average Bonchev–Trinajstić information content (AvgIpc) is 2.59. The molecule has 1 aliphatic heterocycles. The Morgan fingerprint density at radius 2 is 1.76 bits per heavy atom. The smallest absolute Gasteiger partial charge is 0.167 e. The molecule has 2 aromatic rings. The second-order valence-electron chi connectivity index (χ2n) is 7.33. The molecule has 2 aromatic carbocycles. The highest BCUT2D eigenvalue weighted by molar-refractivity contribution is 6.03. The summed E-state index contributed by atoms with van der Waals surface area (Å²) in [5, 5.41) is 0. The van der Waals surface area contributed by atoms with Crippen molar-refractivity contribution in [3.05, 3.63) is 46.8 Å². The minimum Gasteiger partial charge on any atom is -0.378 e. The highest BCUT2D eigenvalue weighted by Gasteiger charge is 2.33. The van der Waals surface area contributed by atoms with Gasteiger partial charge in [-0.1, -0.05) is 12.1 Å². The Bertz CT molecular complexity index is 836. The minimum atomic E-state index is -0.937. The average molecular weight is 346 g/mol. The van der Waals surface area contributed by atoms with E-state index >= 15 is 0 Å². The fraction of sp³-hybridized carbons (Fsp3) is 0.429. The highest BCUT2D eigenvalue weighted by Crippen LogP contribution is 2.51. The Morgan fingerprint density at radius 1 is 1.00 bits per heavy atom. The van der Waals surface area contributed by atoms with Crippen LogP contribution in [0.25, 0.3) is 22.3 Å². The van der Waals surface area contributed by atoms with Crippen molar-refractivity contribution in [2.24, 2.45) is 5.92 Å². The van der Waals surface area contributed by atoms with Crippen molar-refractivity contribution in [3.63, 3.8) is 0 Å². The van der Waals surface area contributed by atoms with Gasteiger partial charge in [0.05, 0.1) is 6.10 Å². The molecule has 0 N–H and O–H groups in total. The summed E-state index contributed by atoms with van der Waals surface area (Å²) in [5.74, 6) is -1.79. The van der Waals surface area contributed by atoms with Crippen LogP contribution in [0.1, 0.15) is 37.3 Å². The molecule has 0 amide bonds. The Balaban J connectivity index is 1.57. The second kappa shape index (κ2) is 6.17. The van der Waals surface area contributed by atoms with Gasteiger partial charge in [-0.15, -0.1) is 0 Å². The van der Waals surface area contributed by atoms with Crippen molar-refractivity contribution in [2.75, 3.05) is 6.61 Å². The molecule has 0 radical (unpaired) electrons. The molecule has 0 bridgehead atoms. The highest BCUT2D eigenvalue weighted by atomic mass is 19.2. The van der Waals surface area contributed by atoms with Gasteiger partial charge in [0.15, 0.2) is 11.6 Å². The number of hydrogen-bond donors (Lipinski definition) is 0. The zero-order chi connectivity index (χ0) is 17.7. The molecule has 0 spiro atoms. The predicted molar refractivity (Wildman–Crippen MR) is 91.9 cm³/mol. The van der Waals surface area contributed by atoms with Gasteiger partial charge in [-0.05, 0) is 73.8 Å². The SMILES string of the molecule is Cc1cc2c(c(F)c1F)-c1c-2ccc(CCC2CCC(C)OC2)c1F. The van der Waals surface area contributed by atoms with Crippen molar-refractivity contribution in [2.45, 2.75) is 45.6 Å². The van der Waals surface area contributed by atoms with Crippen LogP contribution < -0.4 is 0 Å². The van der Waals surface area contributed by atoms with E-state index in [0.29, 0.717) is 35.1 Å². The minimum absolute atomic E-state index is 0.0901. The predicted octanol–water partition coefficient (Wildman–Crippen LogP) is 5.81. The Hall–Kier alpha value is -1.81. The van der Waals surface area contributed by atoms with Crippen LogP contribution in [0, 0.1) is 30.3 Å². The van der Waals surface area contributed by atoms with Gasteiger partial charge in [-0.2, -0.15) is 0 Å². The van der Waals surface area contributed by atoms with E-state index in [4.69, 9.17) is 4.74 Å². The molecular weight excluding hydrogens is 325 g/mol. The zero-order valence-corrected chi connectivity index (χ0v) is 14.5. The topological polar surface area (TPSA) is 9.23 Å². The first kappa shape index (κ1) is 16.6. The lowest BCUT2D eigenvalue weighted by atomic mass is 9.77. The van der Waals surface area contributed by atoms with Crippen molar-refractivity contribution in [1.29, 1.82) is 0 Å². The summed E-state index contributed by atoms with van der Waals surface area (Å²) in [6.07, 6.45) is 3.87. The van der Waals surface area contributed by atoms with Gasteiger partial charge in [0.25, 0.3) is 0 Å². The van der Waals surface area contributed by atoms with E-state index in [1.165, 1.54) is 6.92 Å². The largest absolute Gasteiger partial charge is 0.378 e. The number of fused-ring (bicyclic) bond motifs is 4. The molecule has 132 valence electrons. The van der Waals surface area contributed by atoms with E-state index in [9.17, 15) is 13.2 Å². The van der Waals surface area contributed by atoms with Gasteiger partial charge < -0.3 is 4.74 Å². The normalized spacial score (nSPS) is 21.5. The molecule has 0 saturated carbocycles. The van der Waals surface area contributed by atoms with Crippen molar-refractivity contribution < 1.29 is 17.9 Å².